The van der Waals surface area contributed by atoms with Gasteiger partial charge in [-0.2, -0.15) is 0 Å². The second-order valence-electron chi connectivity index (χ2n) is 4.13. The van der Waals surface area contributed by atoms with Crippen molar-refractivity contribution in [3.05, 3.63) is 23.8 Å². The first-order valence-corrected chi connectivity index (χ1v) is 5.66. The molecule has 0 aliphatic carbocycles. The largest absolute Gasteiger partial charge is 0.370 e. The summed E-state index contributed by atoms with van der Waals surface area (Å²) >= 11 is 0. The van der Waals surface area contributed by atoms with Crippen molar-refractivity contribution in [2.45, 2.75) is 13.5 Å². The fraction of sp³-hybridized carbons (Fsp3) is 0.333. The second kappa shape index (κ2) is 5.05. The Morgan fingerprint density at radius 1 is 1.50 bits per heavy atom. The van der Waals surface area contributed by atoms with Crippen molar-refractivity contribution in [2.24, 2.45) is 5.73 Å². The van der Waals surface area contributed by atoms with Crippen LogP contribution in [0.1, 0.15) is 5.56 Å². The van der Waals surface area contributed by atoms with Gasteiger partial charge < -0.3 is 20.8 Å². The number of rotatable bonds is 5. The number of nitrogen functional groups attached to an aromatic ring is 1. The number of fused-ring (bicyclic) bond motifs is 1. The van der Waals surface area contributed by atoms with Crippen molar-refractivity contribution in [1.82, 2.24) is 9.55 Å². The van der Waals surface area contributed by atoms with Gasteiger partial charge in [-0.25, -0.2) is 4.98 Å². The lowest BCUT2D eigenvalue weighted by molar-refractivity contribution is -0.122. The Bertz CT molecular complexity index is 577. The van der Waals surface area contributed by atoms with E-state index in [1.165, 1.54) is 0 Å². The first kappa shape index (κ1) is 12.4. The Morgan fingerprint density at radius 3 is 3.00 bits per heavy atom. The standard InChI is InChI=1S/C12H16N4O2/c1-8-2-3-9-10(6-8)16(12(14)15-9)4-5-18-7-11(13)17/h2-3,6H,4-5,7H2,1H3,(H2,13,17)(H2,14,15). The van der Waals surface area contributed by atoms with E-state index in [9.17, 15) is 4.79 Å². The number of aryl methyl sites for hydroxylation is 1. The highest BCUT2D eigenvalue weighted by Gasteiger charge is 2.07. The molecule has 1 amide bonds. The van der Waals surface area contributed by atoms with Crippen LogP contribution in [0.25, 0.3) is 11.0 Å². The molecule has 0 unspecified atom stereocenters. The maximum absolute atomic E-state index is 10.5. The summed E-state index contributed by atoms with van der Waals surface area (Å²) in [4.78, 5) is 14.8. The van der Waals surface area contributed by atoms with Crippen molar-refractivity contribution in [3.8, 4) is 0 Å². The van der Waals surface area contributed by atoms with Crippen LogP contribution in [-0.2, 0) is 16.1 Å². The van der Waals surface area contributed by atoms with Crippen molar-refractivity contribution in [3.63, 3.8) is 0 Å². The molecule has 2 aromatic rings. The summed E-state index contributed by atoms with van der Waals surface area (Å²) in [5.41, 5.74) is 13.8. The number of anilines is 1. The van der Waals surface area contributed by atoms with E-state index in [1.54, 1.807) is 0 Å². The molecule has 0 atom stereocenters. The third kappa shape index (κ3) is 2.60. The predicted octanol–water partition coefficient (Wildman–Crippen LogP) is 0.429. The molecule has 0 aliphatic heterocycles. The molecule has 96 valence electrons. The van der Waals surface area contributed by atoms with E-state index in [4.69, 9.17) is 16.2 Å². The Balaban J connectivity index is 2.14. The van der Waals surface area contributed by atoms with Crippen LogP contribution >= 0.6 is 0 Å². The van der Waals surface area contributed by atoms with E-state index >= 15 is 0 Å². The van der Waals surface area contributed by atoms with E-state index in [2.05, 4.69) is 4.98 Å². The molecule has 18 heavy (non-hydrogen) atoms. The number of carbonyl (C=O) groups is 1. The number of carbonyl (C=O) groups excluding carboxylic acids is 1. The van der Waals surface area contributed by atoms with Crippen molar-refractivity contribution < 1.29 is 9.53 Å². The van der Waals surface area contributed by atoms with Crippen molar-refractivity contribution in [2.75, 3.05) is 18.9 Å². The zero-order chi connectivity index (χ0) is 13.1. The Kier molecular flexibility index (Phi) is 3.47. The quantitative estimate of drug-likeness (QED) is 0.750. The van der Waals surface area contributed by atoms with Crippen LogP contribution in [0.3, 0.4) is 0 Å². The van der Waals surface area contributed by atoms with Crippen LogP contribution in [0.5, 0.6) is 0 Å². The summed E-state index contributed by atoms with van der Waals surface area (Å²) in [5.74, 6) is -0.0346. The normalized spacial score (nSPS) is 10.9. The van der Waals surface area contributed by atoms with E-state index in [0.717, 1.165) is 16.6 Å². The van der Waals surface area contributed by atoms with Gasteiger partial charge in [0.15, 0.2) is 0 Å². The monoisotopic (exact) mass is 248 g/mol. The first-order valence-electron chi connectivity index (χ1n) is 5.66. The summed E-state index contributed by atoms with van der Waals surface area (Å²) < 4.78 is 6.99. The van der Waals surface area contributed by atoms with Crippen molar-refractivity contribution >= 4 is 22.9 Å². The number of hydrogen-bond acceptors (Lipinski definition) is 4. The minimum atomic E-state index is -0.477. The Labute approximate surface area is 105 Å². The number of amides is 1. The van der Waals surface area contributed by atoms with Gasteiger partial charge in [0, 0.05) is 6.54 Å². The minimum Gasteiger partial charge on any atom is -0.370 e. The summed E-state index contributed by atoms with van der Waals surface area (Å²) in [7, 11) is 0. The van der Waals surface area contributed by atoms with Crippen LogP contribution in [0.15, 0.2) is 18.2 Å². The van der Waals surface area contributed by atoms with E-state index in [-0.39, 0.29) is 6.61 Å². The molecule has 6 nitrogen and oxygen atoms in total. The zero-order valence-corrected chi connectivity index (χ0v) is 10.2. The van der Waals surface area contributed by atoms with Gasteiger partial charge in [0.25, 0.3) is 0 Å². The van der Waals surface area contributed by atoms with Crippen LogP contribution in [0.4, 0.5) is 5.95 Å². The lowest BCUT2D eigenvalue weighted by Gasteiger charge is -2.06. The molecule has 0 spiro atoms. The molecule has 0 fully saturated rings. The lowest BCUT2D eigenvalue weighted by atomic mass is 10.2. The molecular formula is C12H16N4O2. The molecule has 0 aliphatic rings. The lowest BCUT2D eigenvalue weighted by Crippen LogP contribution is -2.20. The summed E-state index contributed by atoms with van der Waals surface area (Å²) in [6.45, 7) is 2.84. The van der Waals surface area contributed by atoms with Crippen LogP contribution in [0, 0.1) is 6.92 Å². The SMILES string of the molecule is Cc1ccc2nc(N)n(CCOCC(N)=O)c2c1. The van der Waals surface area contributed by atoms with Gasteiger partial charge in [-0.1, -0.05) is 6.07 Å². The van der Waals surface area contributed by atoms with E-state index in [1.807, 2.05) is 29.7 Å². The third-order valence-electron chi connectivity index (χ3n) is 2.64. The average Bonchev–Trinajstić information content (AvgIpc) is 2.60. The number of imidazole rings is 1. The molecule has 0 saturated carbocycles. The van der Waals surface area contributed by atoms with Gasteiger partial charge in [0.05, 0.1) is 17.6 Å². The fourth-order valence-corrected chi connectivity index (χ4v) is 1.81. The van der Waals surface area contributed by atoms with Gasteiger partial charge in [-0.05, 0) is 24.6 Å². The number of primary amides is 1. The summed E-state index contributed by atoms with van der Waals surface area (Å²) in [6, 6.07) is 5.94. The van der Waals surface area contributed by atoms with E-state index < -0.39 is 5.91 Å². The Morgan fingerprint density at radius 2 is 2.28 bits per heavy atom. The maximum Gasteiger partial charge on any atom is 0.243 e. The number of nitrogens with two attached hydrogens (primary N) is 2. The number of ether oxygens (including phenoxy) is 1. The smallest absolute Gasteiger partial charge is 0.243 e. The summed E-state index contributed by atoms with van der Waals surface area (Å²) in [6.07, 6.45) is 0. The first-order chi connectivity index (χ1) is 8.58. The van der Waals surface area contributed by atoms with Crippen molar-refractivity contribution in [1.29, 1.82) is 0 Å². The number of nitrogens with zero attached hydrogens (tertiary/aromatic N) is 2. The second-order valence-corrected chi connectivity index (χ2v) is 4.13. The number of benzene rings is 1. The predicted molar refractivity (Wildman–Crippen MR) is 68.9 cm³/mol. The average molecular weight is 248 g/mol. The van der Waals surface area contributed by atoms with Crippen LogP contribution in [-0.4, -0.2) is 28.7 Å². The molecule has 1 aromatic carbocycles. The topological polar surface area (TPSA) is 96.2 Å². The molecule has 0 bridgehead atoms. The number of aromatic nitrogens is 2. The van der Waals surface area contributed by atoms with Gasteiger partial charge in [0.2, 0.25) is 11.9 Å². The van der Waals surface area contributed by atoms with Gasteiger partial charge >= 0.3 is 0 Å². The highest BCUT2D eigenvalue weighted by atomic mass is 16.5. The summed E-state index contributed by atoms with van der Waals surface area (Å²) in [5, 5.41) is 0. The molecule has 0 saturated heterocycles. The molecule has 0 radical (unpaired) electrons. The Hall–Kier alpha value is -2.08. The van der Waals surface area contributed by atoms with Gasteiger partial charge in [-0.15, -0.1) is 0 Å². The van der Waals surface area contributed by atoms with Crippen LogP contribution in [0.2, 0.25) is 0 Å². The third-order valence-corrected chi connectivity index (χ3v) is 2.64. The highest BCUT2D eigenvalue weighted by Crippen LogP contribution is 2.18. The van der Waals surface area contributed by atoms with Gasteiger partial charge in [0.1, 0.15) is 6.61 Å². The number of hydrogen-bond donors (Lipinski definition) is 2. The van der Waals surface area contributed by atoms with Gasteiger partial charge in [-0.3, -0.25) is 4.79 Å². The molecular weight excluding hydrogens is 232 g/mol. The molecule has 4 N–H and O–H groups in total. The molecule has 1 heterocycles. The fourth-order valence-electron chi connectivity index (χ4n) is 1.81. The van der Waals surface area contributed by atoms with E-state index in [0.29, 0.717) is 19.1 Å². The highest BCUT2D eigenvalue weighted by molar-refractivity contribution is 5.79. The minimum absolute atomic E-state index is 0.0778. The maximum atomic E-state index is 10.5. The molecule has 6 heteroatoms. The van der Waals surface area contributed by atoms with Crippen LogP contribution < -0.4 is 11.5 Å². The molecule has 2 rings (SSSR count). The molecule has 1 aromatic heterocycles. The zero-order valence-electron chi connectivity index (χ0n) is 10.2.